The van der Waals surface area contributed by atoms with E-state index in [9.17, 15) is 4.79 Å². The van der Waals surface area contributed by atoms with Crippen molar-refractivity contribution in [3.63, 3.8) is 0 Å². The molecule has 4 nitrogen and oxygen atoms in total. The molecule has 0 bridgehead atoms. The molecule has 0 aliphatic heterocycles. The Bertz CT molecular complexity index is 833. The average molecular weight is 284 g/mol. The number of nitrogens with zero attached hydrogens (tertiary/aromatic N) is 2. The van der Waals surface area contributed by atoms with Crippen molar-refractivity contribution in [2.75, 3.05) is 7.11 Å². The molecule has 0 aliphatic rings. The Morgan fingerprint density at radius 1 is 1.30 bits per heavy atom. The normalized spacial score (nSPS) is 11.2. The summed E-state index contributed by atoms with van der Waals surface area (Å²) in [5.74, 6) is 0.821. The Morgan fingerprint density at radius 3 is 3.00 bits per heavy atom. The molecule has 2 heterocycles. The number of hydrogen-bond donors (Lipinski definition) is 0. The molecule has 0 N–H and O–H groups in total. The average Bonchev–Trinajstić information content (AvgIpc) is 2.90. The summed E-state index contributed by atoms with van der Waals surface area (Å²) in [7, 11) is 1.65. The number of thiazole rings is 1. The minimum atomic E-state index is -0.0627. The number of methoxy groups -OCH3 is 1. The Kier molecular flexibility index (Phi) is 3.35. The molecule has 100 valence electrons. The molecule has 2 aromatic heterocycles. The molecule has 5 heteroatoms. The first-order valence-corrected chi connectivity index (χ1v) is 6.87. The molecule has 0 spiro atoms. The first-order chi connectivity index (χ1) is 9.76. The molecule has 0 unspecified atom stereocenters. The Hall–Kier alpha value is -2.40. The third-order valence-corrected chi connectivity index (χ3v) is 3.81. The van der Waals surface area contributed by atoms with Crippen molar-refractivity contribution in [3.05, 3.63) is 63.5 Å². The lowest BCUT2D eigenvalue weighted by molar-refractivity contribution is 0.414. The van der Waals surface area contributed by atoms with Gasteiger partial charge in [-0.1, -0.05) is 29.5 Å². The van der Waals surface area contributed by atoms with Crippen molar-refractivity contribution in [1.29, 1.82) is 0 Å². The van der Waals surface area contributed by atoms with Gasteiger partial charge in [0.25, 0.3) is 5.56 Å². The first-order valence-electron chi connectivity index (χ1n) is 6.05. The molecule has 0 saturated heterocycles. The van der Waals surface area contributed by atoms with Gasteiger partial charge in [-0.15, -0.1) is 0 Å². The minimum absolute atomic E-state index is 0.0627. The topological polar surface area (TPSA) is 43.6 Å². The number of benzene rings is 1. The Labute approximate surface area is 119 Å². The van der Waals surface area contributed by atoms with E-state index in [4.69, 9.17) is 4.74 Å². The number of ether oxygens (including phenoxy) is 1. The maximum Gasteiger partial charge on any atom is 0.258 e. The predicted molar refractivity (Wildman–Crippen MR) is 81.3 cm³/mol. The first kappa shape index (κ1) is 12.6. The van der Waals surface area contributed by atoms with E-state index in [1.165, 1.54) is 23.6 Å². The van der Waals surface area contributed by atoms with E-state index in [2.05, 4.69) is 4.98 Å². The molecule has 0 radical (unpaired) electrons. The van der Waals surface area contributed by atoms with Crippen molar-refractivity contribution in [3.8, 4) is 5.75 Å². The fourth-order valence-corrected chi connectivity index (χ4v) is 2.72. The molecule has 0 amide bonds. The summed E-state index contributed by atoms with van der Waals surface area (Å²) >= 11 is 1.47. The van der Waals surface area contributed by atoms with E-state index < -0.39 is 0 Å². The number of hydrogen-bond acceptors (Lipinski definition) is 4. The van der Waals surface area contributed by atoms with Gasteiger partial charge in [0.2, 0.25) is 0 Å². The van der Waals surface area contributed by atoms with Gasteiger partial charge in [0.15, 0.2) is 4.96 Å². The predicted octanol–water partition coefficient (Wildman–Crippen LogP) is 2.94. The van der Waals surface area contributed by atoms with Gasteiger partial charge in [0.1, 0.15) is 5.75 Å². The van der Waals surface area contributed by atoms with Crippen LogP contribution in [0.5, 0.6) is 5.75 Å². The van der Waals surface area contributed by atoms with Crippen molar-refractivity contribution >= 4 is 28.4 Å². The zero-order valence-corrected chi connectivity index (χ0v) is 11.6. The van der Waals surface area contributed by atoms with Crippen LogP contribution in [0.25, 0.3) is 17.1 Å². The van der Waals surface area contributed by atoms with Crippen LogP contribution in [0.3, 0.4) is 0 Å². The summed E-state index contributed by atoms with van der Waals surface area (Å²) < 4.78 is 6.74. The highest BCUT2D eigenvalue weighted by atomic mass is 32.1. The largest absolute Gasteiger partial charge is 0.497 e. The molecule has 1 aromatic carbocycles. The lowest BCUT2D eigenvalue weighted by Crippen LogP contribution is -2.09. The third-order valence-electron chi connectivity index (χ3n) is 2.84. The second kappa shape index (κ2) is 5.30. The Balaban J connectivity index is 1.94. The van der Waals surface area contributed by atoms with Gasteiger partial charge in [-0.25, -0.2) is 4.98 Å². The smallest absolute Gasteiger partial charge is 0.258 e. The highest BCUT2D eigenvalue weighted by molar-refractivity contribution is 7.17. The maximum absolute atomic E-state index is 11.6. The van der Waals surface area contributed by atoms with Crippen LogP contribution in [-0.4, -0.2) is 16.5 Å². The van der Waals surface area contributed by atoms with Crippen molar-refractivity contribution in [2.24, 2.45) is 0 Å². The van der Waals surface area contributed by atoms with E-state index in [1.54, 1.807) is 17.7 Å². The molecule has 0 aliphatic carbocycles. The van der Waals surface area contributed by atoms with Crippen molar-refractivity contribution in [2.45, 2.75) is 0 Å². The monoisotopic (exact) mass is 284 g/mol. The van der Waals surface area contributed by atoms with E-state index in [0.29, 0.717) is 4.96 Å². The molecule has 3 rings (SSSR count). The van der Waals surface area contributed by atoms with Crippen LogP contribution in [-0.2, 0) is 0 Å². The summed E-state index contributed by atoms with van der Waals surface area (Å²) in [4.78, 5) is 17.5. The molecule has 0 fully saturated rings. The summed E-state index contributed by atoms with van der Waals surface area (Å²) in [6.07, 6.45) is 7.28. The fourth-order valence-electron chi connectivity index (χ4n) is 1.86. The highest BCUT2D eigenvalue weighted by Crippen LogP contribution is 2.19. The van der Waals surface area contributed by atoms with Gasteiger partial charge < -0.3 is 4.74 Å². The SMILES string of the molecule is COc1cccc(C=Cc2cn3c(=O)ccnc3s2)c1. The van der Waals surface area contributed by atoms with Gasteiger partial charge in [0.05, 0.1) is 7.11 Å². The third kappa shape index (κ3) is 2.48. The zero-order valence-electron chi connectivity index (χ0n) is 10.8. The second-order valence-electron chi connectivity index (χ2n) is 4.18. The quantitative estimate of drug-likeness (QED) is 0.742. The second-order valence-corrected chi connectivity index (χ2v) is 5.22. The molecule has 0 atom stereocenters. The van der Waals surface area contributed by atoms with Gasteiger partial charge in [-0.2, -0.15) is 0 Å². The van der Waals surface area contributed by atoms with Gasteiger partial charge in [0, 0.05) is 23.3 Å². The molecular formula is C15H12N2O2S. The number of aromatic nitrogens is 2. The van der Waals surface area contributed by atoms with E-state index in [1.807, 2.05) is 36.4 Å². The maximum atomic E-state index is 11.6. The van der Waals surface area contributed by atoms with E-state index >= 15 is 0 Å². The van der Waals surface area contributed by atoms with Crippen LogP contribution >= 0.6 is 11.3 Å². The van der Waals surface area contributed by atoms with Gasteiger partial charge >= 0.3 is 0 Å². The molecule has 20 heavy (non-hydrogen) atoms. The Morgan fingerprint density at radius 2 is 2.20 bits per heavy atom. The van der Waals surface area contributed by atoms with Crippen molar-refractivity contribution < 1.29 is 4.74 Å². The molecule has 3 aromatic rings. The van der Waals surface area contributed by atoms with E-state index in [0.717, 1.165) is 16.2 Å². The highest BCUT2D eigenvalue weighted by Gasteiger charge is 2.01. The van der Waals surface area contributed by atoms with Crippen LogP contribution in [0.4, 0.5) is 0 Å². The zero-order chi connectivity index (χ0) is 13.9. The summed E-state index contributed by atoms with van der Waals surface area (Å²) in [6, 6.07) is 9.25. The minimum Gasteiger partial charge on any atom is -0.497 e. The standard InChI is InChI=1S/C15H12N2O2S/c1-19-12-4-2-3-11(9-12)5-6-13-10-17-14(18)7-8-16-15(17)20-13/h2-10H,1H3. The van der Waals surface area contributed by atoms with Gasteiger partial charge in [-0.3, -0.25) is 9.20 Å². The lowest BCUT2D eigenvalue weighted by Gasteiger charge is -1.99. The number of fused-ring (bicyclic) bond motifs is 1. The van der Waals surface area contributed by atoms with E-state index in [-0.39, 0.29) is 5.56 Å². The van der Waals surface area contributed by atoms with Crippen LogP contribution in [0.2, 0.25) is 0 Å². The van der Waals surface area contributed by atoms with Gasteiger partial charge in [-0.05, 0) is 23.8 Å². The van der Waals surface area contributed by atoms with Crippen LogP contribution < -0.4 is 10.3 Å². The lowest BCUT2D eigenvalue weighted by atomic mass is 10.2. The van der Waals surface area contributed by atoms with Crippen molar-refractivity contribution in [1.82, 2.24) is 9.38 Å². The number of rotatable bonds is 3. The van der Waals surface area contributed by atoms with Crippen LogP contribution in [0.15, 0.2) is 47.5 Å². The fraction of sp³-hybridized carbons (Fsp3) is 0.0667. The summed E-state index contributed by atoms with van der Waals surface area (Å²) in [6.45, 7) is 0. The van der Waals surface area contributed by atoms with Crippen LogP contribution in [0.1, 0.15) is 10.4 Å². The molecule has 0 saturated carbocycles. The molecular weight excluding hydrogens is 272 g/mol. The van der Waals surface area contributed by atoms with Crippen LogP contribution in [0, 0.1) is 0 Å². The summed E-state index contributed by atoms with van der Waals surface area (Å²) in [5.41, 5.74) is 0.981. The summed E-state index contributed by atoms with van der Waals surface area (Å²) in [5, 5.41) is 0.